The number of hydrogen-bond donors (Lipinski definition) is 3. The summed E-state index contributed by atoms with van der Waals surface area (Å²) in [6.45, 7) is 0. The van der Waals surface area contributed by atoms with Gasteiger partial charge in [0.25, 0.3) is 0 Å². The highest BCUT2D eigenvalue weighted by atomic mass is 79.9. The molecule has 0 saturated heterocycles. The van der Waals surface area contributed by atoms with E-state index in [1.54, 1.807) is 24.3 Å². The quantitative estimate of drug-likeness (QED) is 0.339. The van der Waals surface area contributed by atoms with Crippen molar-refractivity contribution in [2.45, 2.75) is 0 Å². The summed E-state index contributed by atoms with van der Waals surface area (Å²) in [6, 6.07) is 14.1. The van der Waals surface area contributed by atoms with Crippen LogP contribution < -0.4 is 16.4 Å². The molecule has 4 aromatic rings. The highest BCUT2D eigenvalue weighted by molar-refractivity contribution is 9.11. The Bertz CT molecular complexity index is 1180. The van der Waals surface area contributed by atoms with Gasteiger partial charge < -0.3 is 16.4 Å². The van der Waals surface area contributed by atoms with Crippen LogP contribution in [0.2, 0.25) is 5.02 Å². The SMILES string of the molecule is Nc1ncnc2sc(Br)c(-c3ccc(NC(=O)Nc4cccc(Cl)c4)cc3)c12. The Morgan fingerprint density at radius 1 is 1.07 bits per heavy atom. The van der Waals surface area contributed by atoms with Gasteiger partial charge in [0.05, 0.1) is 9.17 Å². The van der Waals surface area contributed by atoms with Crippen molar-refractivity contribution in [2.75, 3.05) is 16.4 Å². The molecule has 0 spiro atoms. The highest BCUT2D eigenvalue weighted by Crippen LogP contribution is 2.43. The van der Waals surface area contributed by atoms with Crippen molar-refractivity contribution in [3.63, 3.8) is 0 Å². The molecule has 0 saturated carbocycles. The van der Waals surface area contributed by atoms with Gasteiger partial charge in [-0.05, 0) is 51.8 Å². The van der Waals surface area contributed by atoms with E-state index in [-0.39, 0.29) is 6.03 Å². The van der Waals surface area contributed by atoms with E-state index < -0.39 is 0 Å². The highest BCUT2D eigenvalue weighted by Gasteiger charge is 2.16. The van der Waals surface area contributed by atoms with Crippen LogP contribution in [0, 0.1) is 0 Å². The topological polar surface area (TPSA) is 92.9 Å². The lowest BCUT2D eigenvalue weighted by atomic mass is 10.1. The number of hydrogen-bond acceptors (Lipinski definition) is 5. The predicted molar refractivity (Wildman–Crippen MR) is 119 cm³/mol. The number of anilines is 3. The molecule has 6 nitrogen and oxygen atoms in total. The number of thiophene rings is 1. The average molecular weight is 475 g/mol. The first kappa shape index (κ1) is 18.7. The van der Waals surface area contributed by atoms with Gasteiger partial charge in [-0.15, -0.1) is 11.3 Å². The second kappa shape index (κ2) is 7.75. The van der Waals surface area contributed by atoms with Crippen LogP contribution >= 0.6 is 38.9 Å². The van der Waals surface area contributed by atoms with E-state index >= 15 is 0 Å². The van der Waals surface area contributed by atoms with Crippen molar-refractivity contribution < 1.29 is 4.79 Å². The molecular weight excluding hydrogens is 462 g/mol. The van der Waals surface area contributed by atoms with Crippen LogP contribution in [-0.2, 0) is 0 Å². The van der Waals surface area contributed by atoms with E-state index in [2.05, 4.69) is 36.5 Å². The number of rotatable bonds is 3. The summed E-state index contributed by atoms with van der Waals surface area (Å²) in [7, 11) is 0. The number of aromatic nitrogens is 2. The molecule has 0 atom stereocenters. The molecule has 0 unspecified atom stereocenters. The molecule has 2 heterocycles. The molecule has 0 bridgehead atoms. The zero-order valence-corrected chi connectivity index (χ0v) is 17.4. The third kappa shape index (κ3) is 3.80. The van der Waals surface area contributed by atoms with Gasteiger partial charge in [0.15, 0.2) is 0 Å². The third-order valence-corrected chi connectivity index (χ3v) is 5.99. The average Bonchev–Trinajstić information content (AvgIpc) is 2.99. The molecule has 0 radical (unpaired) electrons. The summed E-state index contributed by atoms with van der Waals surface area (Å²) >= 11 is 11.0. The van der Waals surface area contributed by atoms with Crippen LogP contribution in [0.15, 0.2) is 58.6 Å². The van der Waals surface area contributed by atoms with Gasteiger partial charge in [0.1, 0.15) is 17.0 Å². The molecular formula is C19H13BrClN5OS. The maximum atomic E-state index is 12.2. The standard InChI is InChI=1S/C19H13BrClN5OS/c20-16-14(15-17(22)23-9-24-18(15)28-16)10-4-6-12(7-5-10)25-19(27)26-13-3-1-2-11(21)8-13/h1-9H,(H2,22,23,24)(H2,25,26,27). The number of nitrogens with one attached hydrogen (secondary N) is 2. The monoisotopic (exact) mass is 473 g/mol. The Balaban J connectivity index is 1.55. The van der Waals surface area contributed by atoms with Gasteiger partial charge in [-0.25, -0.2) is 14.8 Å². The lowest BCUT2D eigenvalue weighted by Crippen LogP contribution is -2.19. The van der Waals surface area contributed by atoms with Gasteiger partial charge in [-0.1, -0.05) is 29.8 Å². The Kier molecular flexibility index (Phi) is 5.17. The molecule has 0 aliphatic carbocycles. The van der Waals surface area contributed by atoms with E-state index in [0.717, 1.165) is 25.1 Å². The van der Waals surface area contributed by atoms with E-state index in [4.69, 9.17) is 17.3 Å². The number of carbonyl (C=O) groups excluding carboxylic acids is 1. The summed E-state index contributed by atoms with van der Waals surface area (Å²) in [5, 5.41) is 6.91. The summed E-state index contributed by atoms with van der Waals surface area (Å²) in [6.07, 6.45) is 1.45. The maximum Gasteiger partial charge on any atom is 0.323 e. The van der Waals surface area contributed by atoms with E-state index in [1.807, 2.05) is 24.3 Å². The van der Waals surface area contributed by atoms with E-state index in [1.165, 1.54) is 17.7 Å². The fourth-order valence-corrected chi connectivity index (χ4v) is 4.74. The van der Waals surface area contributed by atoms with Crippen molar-refractivity contribution in [2.24, 2.45) is 0 Å². The predicted octanol–water partition coefficient (Wildman–Crippen LogP) is 6.00. The minimum atomic E-state index is -0.352. The Morgan fingerprint density at radius 2 is 1.82 bits per heavy atom. The number of nitrogens with zero attached hydrogens (tertiary/aromatic N) is 2. The van der Waals surface area contributed by atoms with Crippen molar-refractivity contribution in [3.8, 4) is 11.1 Å². The van der Waals surface area contributed by atoms with E-state index in [0.29, 0.717) is 22.2 Å². The molecule has 2 aromatic carbocycles. The van der Waals surface area contributed by atoms with Crippen LogP contribution in [-0.4, -0.2) is 16.0 Å². The minimum Gasteiger partial charge on any atom is -0.383 e. The van der Waals surface area contributed by atoms with Crippen LogP contribution in [0.5, 0.6) is 0 Å². The summed E-state index contributed by atoms with van der Waals surface area (Å²) < 4.78 is 0.925. The molecule has 4 rings (SSSR count). The first-order valence-electron chi connectivity index (χ1n) is 8.14. The smallest absolute Gasteiger partial charge is 0.323 e. The molecule has 0 aliphatic rings. The molecule has 4 N–H and O–H groups in total. The summed E-state index contributed by atoms with van der Waals surface area (Å²) in [5.41, 5.74) is 9.20. The van der Waals surface area contributed by atoms with Crippen LogP contribution in [0.1, 0.15) is 0 Å². The fraction of sp³-hybridized carbons (Fsp3) is 0. The van der Waals surface area contributed by atoms with Gasteiger partial charge in [-0.3, -0.25) is 0 Å². The molecule has 0 fully saturated rings. The number of urea groups is 1. The fourth-order valence-electron chi connectivity index (χ4n) is 2.77. The minimum absolute atomic E-state index is 0.352. The summed E-state index contributed by atoms with van der Waals surface area (Å²) in [4.78, 5) is 21.4. The number of amides is 2. The number of carbonyl (C=O) groups is 1. The van der Waals surface area contributed by atoms with Gasteiger partial charge in [-0.2, -0.15) is 0 Å². The number of fused-ring (bicyclic) bond motifs is 1. The van der Waals surface area contributed by atoms with Gasteiger partial charge >= 0.3 is 6.03 Å². The maximum absolute atomic E-state index is 12.2. The normalized spacial score (nSPS) is 10.8. The van der Waals surface area contributed by atoms with Gasteiger partial charge in [0.2, 0.25) is 0 Å². The second-order valence-corrected chi connectivity index (χ2v) is 8.61. The number of nitrogen functional groups attached to an aromatic ring is 1. The van der Waals surface area contributed by atoms with Crippen molar-refractivity contribution >= 4 is 72.3 Å². The molecule has 9 heteroatoms. The lowest BCUT2D eigenvalue weighted by molar-refractivity contribution is 0.262. The number of nitrogens with two attached hydrogens (primary N) is 1. The molecule has 0 aliphatic heterocycles. The summed E-state index contributed by atoms with van der Waals surface area (Å²) in [5.74, 6) is 0.435. The molecule has 2 amide bonds. The van der Waals surface area contributed by atoms with Crippen LogP contribution in [0.3, 0.4) is 0 Å². The molecule has 28 heavy (non-hydrogen) atoms. The van der Waals surface area contributed by atoms with Crippen molar-refractivity contribution in [1.82, 2.24) is 9.97 Å². The van der Waals surface area contributed by atoms with Gasteiger partial charge in [0, 0.05) is 22.0 Å². The zero-order chi connectivity index (χ0) is 19.7. The third-order valence-electron chi connectivity index (χ3n) is 3.99. The first-order chi connectivity index (χ1) is 13.5. The largest absolute Gasteiger partial charge is 0.383 e. The zero-order valence-electron chi connectivity index (χ0n) is 14.2. The molecule has 2 aromatic heterocycles. The van der Waals surface area contributed by atoms with Crippen molar-refractivity contribution in [3.05, 3.63) is 63.7 Å². The van der Waals surface area contributed by atoms with Crippen LogP contribution in [0.25, 0.3) is 21.3 Å². The van der Waals surface area contributed by atoms with Crippen LogP contribution in [0.4, 0.5) is 22.0 Å². The second-order valence-electron chi connectivity index (χ2n) is 5.86. The Labute approximate surface area is 177 Å². The van der Waals surface area contributed by atoms with E-state index in [9.17, 15) is 4.79 Å². The number of halogens is 2. The van der Waals surface area contributed by atoms with Crippen molar-refractivity contribution in [1.29, 1.82) is 0 Å². The molecule has 140 valence electrons. The Morgan fingerprint density at radius 3 is 2.57 bits per heavy atom. The first-order valence-corrected chi connectivity index (χ1v) is 10.1. The Hall–Kier alpha value is -2.68. The number of benzene rings is 2. The lowest BCUT2D eigenvalue weighted by Gasteiger charge is -2.09.